The largest absolute Gasteiger partial charge is 0.416 e. The number of amides is 3. The first-order chi connectivity index (χ1) is 13.2. The van der Waals surface area contributed by atoms with Crippen LogP contribution in [0.1, 0.15) is 59.8 Å². The predicted octanol–water partition coefficient (Wildman–Crippen LogP) is 2.35. The van der Waals surface area contributed by atoms with Crippen LogP contribution in [-0.4, -0.2) is 82.1 Å². The van der Waals surface area contributed by atoms with E-state index in [-0.39, 0.29) is 17.4 Å². The van der Waals surface area contributed by atoms with Crippen molar-refractivity contribution in [2.45, 2.75) is 65.8 Å². The summed E-state index contributed by atoms with van der Waals surface area (Å²) >= 11 is 0. The van der Waals surface area contributed by atoms with Crippen molar-refractivity contribution in [3.05, 3.63) is 0 Å². The molecule has 0 aromatic rings. The number of unbranched alkanes of at least 4 members (excludes halogenated alkanes) is 4. The Labute approximate surface area is 167 Å². The van der Waals surface area contributed by atoms with Gasteiger partial charge < -0.3 is 0 Å². The Bertz CT molecular complexity index is 761. The number of amidine groups is 1. The number of urea groups is 1. The lowest BCUT2D eigenvalue weighted by atomic mass is 9.89. The fourth-order valence-corrected chi connectivity index (χ4v) is 3.74. The van der Waals surface area contributed by atoms with Gasteiger partial charge in [0.15, 0.2) is 0 Å². The molecule has 1 unspecified atom stereocenters. The summed E-state index contributed by atoms with van der Waals surface area (Å²) < 4.78 is 2.01. The first kappa shape index (κ1) is 20.5. The summed E-state index contributed by atoms with van der Waals surface area (Å²) in [6.45, 7) is 9.93. The van der Waals surface area contributed by atoms with Crippen LogP contribution in [0.3, 0.4) is 0 Å². The van der Waals surface area contributed by atoms with E-state index in [2.05, 4.69) is 27.7 Å². The number of aliphatic imine (C=N–C) groups is 1. The highest BCUT2D eigenvalue weighted by atomic mass is 16.2. The normalized spacial score (nSPS) is 22.5. The molecule has 3 aliphatic heterocycles. The molecule has 8 heteroatoms. The van der Waals surface area contributed by atoms with Gasteiger partial charge in [0.25, 0.3) is 5.91 Å². The molecule has 0 saturated carbocycles. The van der Waals surface area contributed by atoms with E-state index >= 15 is 0 Å². The molecule has 3 heterocycles. The van der Waals surface area contributed by atoms with Crippen molar-refractivity contribution >= 4 is 29.4 Å². The third kappa shape index (κ3) is 3.56. The summed E-state index contributed by atoms with van der Waals surface area (Å²) in [5, 5.41) is 6.83. The third-order valence-electron chi connectivity index (χ3n) is 5.64. The molecule has 0 aromatic heterocycles. The molecule has 1 atom stereocenters. The van der Waals surface area contributed by atoms with Gasteiger partial charge in [0.05, 0.1) is 12.3 Å². The summed E-state index contributed by atoms with van der Waals surface area (Å²) in [5.74, 6) is 0.964. The van der Waals surface area contributed by atoms with E-state index in [1.54, 1.807) is 7.05 Å². The van der Waals surface area contributed by atoms with Crippen LogP contribution in [0.4, 0.5) is 4.79 Å². The van der Waals surface area contributed by atoms with Crippen LogP contribution in [0.15, 0.2) is 10.1 Å². The molecule has 154 valence electrons. The second-order valence-corrected chi connectivity index (χ2v) is 8.87. The maximum atomic E-state index is 12.9. The molecule has 1 saturated heterocycles. The van der Waals surface area contributed by atoms with E-state index in [9.17, 15) is 9.59 Å². The Balaban J connectivity index is 1.89. The van der Waals surface area contributed by atoms with Crippen LogP contribution in [0.5, 0.6) is 0 Å². The number of nitrogens with zero attached hydrogens (tertiary/aromatic N) is 6. The van der Waals surface area contributed by atoms with Crippen LogP contribution >= 0.6 is 0 Å². The summed E-state index contributed by atoms with van der Waals surface area (Å²) in [7, 11) is 3.21. The standard InChI is InChI=1S/C20H33N6O2/c1-7-8-9-10-11-12-26-18-21-16-15(17(27)24(6)19(28)23(16)5)25(18)13-14(22-26)20(2,3)4/h15H,7-13H2,1-6H3/q+1. The van der Waals surface area contributed by atoms with E-state index in [0.717, 1.165) is 25.1 Å². The van der Waals surface area contributed by atoms with Gasteiger partial charge in [-0.25, -0.2) is 9.37 Å². The number of carbonyl (C=O) groups is 2. The Kier molecular flexibility index (Phi) is 5.59. The van der Waals surface area contributed by atoms with Crippen LogP contribution in [0, 0.1) is 5.41 Å². The molecule has 0 aromatic carbocycles. The lowest BCUT2D eigenvalue weighted by molar-refractivity contribution is -0.528. The van der Waals surface area contributed by atoms with Gasteiger partial charge in [-0.1, -0.05) is 58.4 Å². The maximum Gasteiger partial charge on any atom is 0.416 e. The number of likely N-dealkylation sites (N-methyl/N-ethyl adjacent to an activating group) is 2. The van der Waals surface area contributed by atoms with Crippen molar-refractivity contribution in [3.8, 4) is 0 Å². The fraction of sp³-hybridized carbons (Fsp3) is 0.750. The lowest BCUT2D eigenvalue weighted by Crippen LogP contribution is -2.62. The van der Waals surface area contributed by atoms with Crippen molar-refractivity contribution in [2.75, 3.05) is 27.2 Å². The Hall–Kier alpha value is -2.25. The van der Waals surface area contributed by atoms with E-state index in [4.69, 9.17) is 10.1 Å². The van der Waals surface area contributed by atoms with Gasteiger partial charge >= 0.3 is 12.0 Å². The van der Waals surface area contributed by atoms with E-state index < -0.39 is 6.04 Å². The molecule has 3 aliphatic rings. The monoisotopic (exact) mass is 389 g/mol. The SMILES string of the molecule is CCCCCCCN1N=C(C(C)(C)C)C[N+]2=C1N=C1C2C(=O)N(C)C(=O)N1C. The molecule has 0 spiro atoms. The number of hydrogen-bond donors (Lipinski definition) is 0. The zero-order chi connectivity index (χ0) is 20.6. The van der Waals surface area contributed by atoms with Crippen LogP contribution in [0.25, 0.3) is 0 Å². The van der Waals surface area contributed by atoms with Gasteiger partial charge in [0, 0.05) is 19.5 Å². The van der Waals surface area contributed by atoms with Crippen LogP contribution < -0.4 is 0 Å². The fourth-order valence-electron chi connectivity index (χ4n) is 3.74. The minimum absolute atomic E-state index is 0.111. The number of fused-ring (bicyclic) bond motifs is 2. The van der Waals surface area contributed by atoms with Crippen molar-refractivity contribution in [3.63, 3.8) is 0 Å². The third-order valence-corrected chi connectivity index (χ3v) is 5.64. The zero-order valence-corrected chi connectivity index (χ0v) is 18.0. The molecular formula is C20H33N6O2+. The number of hydrogen-bond acceptors (Lipinski definition) is 5. The van der Waals surface area contributed by atoms with Crippen LogP contribution in [-0.2, 0) is 4.79 Å². The molecule has 1 fully saturated rings. The van der Waals surface area contributed by atoms with E-state index in [1.165, 1.54) is 36.1 Å². The van der Waals surface area contributed by atoms with E-state index in [0.29, 0.717) is 18.3 Å². The average Bonchev–Trinajstić information content (AvgIpc) is 3.03. The van der Waals surface area contributed by atoms with Gasteiger partial charge in [-0.3, -0.25) is 14.6 Å². The summed E-state index contributed by atoms with van der Waals surface area (Å²) in [6, 6.07) is -0.901. The van der Waals surface area contributed by atoms with Gasteiger partial charge in [-0.15, -0.1) is 10.1 Å². The quantitative estimate of drug-likeness (QED) is 0.517. The average molecular weight is 390 g/mol. The minimum atomic E-state index is -0.557. The topological polar surface area (TPSA) is 71.6 Å². The second-order valence-electron chi connectivity index (χ2n) is 8.87. The zero-order valence-electron chi connectivity index (χ0n) is 18.0. The maximum absolute atomic E-state index is 12.9. The molecule has 0 aliphatic carbocycles. The first-order valence-corrected chi connectivity index (χ1v) is 10.3. The number of carbonyl (C=O) groups excluding carboxylic acids is 2. The molecule has 0 radical (unpaired) electrons. The molecule has 3 amide bonds. The summed E-state index contributed by atoms with van der Waals surface area (Å²) in [4.78, 5) is 32.6. The van der Waals surface area contributed by atoms with Gasteiger partial charge in [0.2, 0.25) is 11.9 Å². The van der Waals surface area contributed by atoms with Gasteiger partial charge in [0.1, 0.15) is 6.54 Å². The number of hydrazone groups is 1. The lowest BCUT2D eigenvalue weighted by Gasteiger charge is -2.33. The second kappa shape index (κ2) is 7.64. The molecule has 8 nitrogen and oxygen atoms in total. The van der Waals surface area contributed by atoms with Crippen molar-refractivity contribution in [1.82, 2.24) is 14.8 Å². The van der Waals surface area contributed by atoms with Gasteiger partial charge in [-0.2, -0.15) is 0 Å². The Morgan fingerprint density at radius 2 is 1.75 bits per heavy atom. The predicted molar refractivity (Wildman–Crippen MR) is 110 cm³/mol. The Morgan fingerprint density at radius 1 is 1.07 bits per heavy atom. The van der Waals surface area contributed by atoms with E-state index in [1.807, 2.05) is 9.58 Å². The molecular weight excluding hydrogens is 356 g/mol. The number of imide groups is 1. The highest BCUT2D eigenvalue weighted by Crippen LogP contribution is 2.26. The molecule has 0 bridgehead atoms. The highest BCUT2D eigenvalue weighted by molar-refractivity contribution is 6.23. The van der Waals surface area contributed by atoms with Crippen molar-refractivity contribution < 1.29 is 14.2 Å². The first-order valence-electron chi connectivity index (χ1n) is 10.3. The minimum Gasteiger partial charge on any atom is -0.270 e. The van der Waals surface area contributed by atoms with Gasteiger partial charge in [-0.05, 0) is 6.42 Å². The highest BCUT2D eigenvalue weighted by Gasteiger charge is 2.54. The molecule has 28 heavy (non-hydrogen) atoms. The number of guanidine groups is 1. The van der Waals surface area contributed by atoms with Crippen LogP contribution in [0.2, 0.25) is 0 Å². The van der Waals surface area contributed by atoms with Crippen molar-refractivity contribution in [1.29, 1.82) is 0 Å². The molecule has 3 rings (SSSR count). The number of rotatable bonds is 6. The molecule has 0 N–H and O–H groups in total. The summed E-state index contributed by atoms with van der Waals surface area (Å²) in [6.07, 6.45) is 5.86. The Morgan fingerprint density at radius 3 is 2.39 bits per heavy atom. The van der Waals surface area contributed by atoms with Crippen molar-refractivity contribution in [2.24, 2.45) is 15.5 Å². The smallest absolute Gasteiger partial charge is 0.270 e. The summed E-state index contributed by atoms with van der Waals surface area (Å²) in [5.41, 5.74) is 0.913.